The molecule has 0 aromatic heterocycles. The van der Waals surface area contributed by atoms with E-state index in [1.165, 1.54) is 96.3 Å². The monoisotopic (exact) mass is 863 g/mol. The summed E-state index contributed by atoms with van der Waals surface area (Å²) < 4.78 is 0. The van der Waals surface area contributed by atoms with Crippen molar-refractivity contribution < 1.29 is 20.1 Å². The molecule has 0 aromatic carbocycles. The van der Waals surface area contributed by atoms with Gasteiger partial charge in [-0.3, -0.25) is 4.79 Å². The molecule has 0 heterocycles. The van der Waals surface area contributed by atoms with Crippen molar-refractivity contribution in [2.75, 3.05) is 0 Å². The Morgan fingerprint density at radius 2 is 0.935 bits per heavy atom. The van der Waals surface area contributed by atoms with Gasteiger partial charge in [0, 0.05) is 12.8 Å². The topological polar surface area (TPSA) is 77.8 Å². The van der Waals surface area contributed by atoms with Gasteiger partial charge in [-0.15, -0.1) is 0 Å². The normalized spacial score (nSPS) is 48.1. The van der Waals surface area contributed by atoms with E-state index in [2.05, 4.69) is 83.1 Å². The summed E-state index contributed by atoms with van der Waals surface area (Å²) in [5, 5.41) is 33.1. The Morgan fingerprint density at radius 3 is 1.39 bits per heavy atom. The number of carbonyl (C=O) groups is 1. The Balaban J connectivity index is 0.000000186. The van der Waals surface area contributed by atoms with Crippen LogP contribution >= 0.6 is 0 Å². The molecule has 8 aliphatic carbocycles. The van der Waals surface area contributed by atoms with E-state index in [9.17, 15) is 20.1 Å². The first-order valence-corrected chi connectivity index (χ1v) is 27.8. The third-order valence-electron chi connectivity index (χ3n) is 23.6. The van der Waals surface area contributed by atoms with E-state index in [1.807, 2.05) is 0 Å². The average molecular weight is 863 g/mol. The molecule has 6 unspecified atom stereocenters. The van der Waals surface area contributed by atoms with Gasteiger partial charge < -0.3 is 15.3 Å². The van der Waals surface area contributed by atoms with E-state index < -0.39 is 0 Å². The lowest BCUT2D eigenvalue weighted by molar-refractivity contribution is -0.174. The minimum absolute atomic E-state index is 0.134. The first kappa shape index (κ1) is 49.5. The summed E-state index contributed by atoms with van der Waals surface area (Å²) in [6.07, 6.45) is 25.9. The SMILES string of the molecule is CC[C@H](CC[C@@H](C)[C@H]1CCC2[C@@H]3C(O)C[C@@H]4CC(=O)CC[C@]4(C)C3CC[C@@]21C)C(C)C.CC[C@H](CC[C@@H](C)[C@H]1CCC2[C@@H]3C(O)C[C@@H]4C[C@H](O)CC[C@]4(C)C3CC[C@@]21C)C(C)C. The zero-order valence-electron chi connectivity index (χ0n) is 42.8. The molecule has 3 N–H and O–H groups in total. The largest absolute Gasteiger partial charge is 0.393 e. The molecule has 0 saturated heterocycles. The molecular formula is C58H102O4. The number of ketones is 1. The highest BCUT2D eigenvalue weighted by molar-refractivity contribution is 5.79. The van der Waals surface area contributed by atoms with E-state index in [-0.39, 0.29) is 23.7 Å². The van der Waals surface area contributed by atoms with Gasteiger partial charge in [0.25, 0.3) is 0 Å². The Bertz CT molecular complexity index is 1490. The van der Waals surface area contributed by atoms with Crippen LogP contribution in [0.15, 0.2) is 0 Å². The minimum Gasteiger partial charge on any atom is -0.393 e. The maximum Gasteiger partial charge on any atom is 0.133 e. The molecule has 358 valence electrons. The number of Topliss-reactive ketones (excluding diaryl/α,β-unsaturated/α-hetero) is 1. The van der Waals surface area contributed by atoms with Crippen molar-refractivity contribution >= 4 is 5.78 Å². The Morgan fingerprint density at radius 1 is 0.516 bits per heavy atom. The van der Waals surface area contributed by atoms with Gasteiger partial charge in [-0.05, 0) is 219 Å². The fourth-order valence-corrected chi connectivity index (χ4v) is 19.5. The van der Waals surface area contributed by atoms with E-state index in [0.29, 0.717) is 69.4 Å². The van der Waals surface area contributed by atoms with Crippen LogP contribution in [-0.2, 0) is 4.79 Å². The Kier molecular flexibility index (Phi) is 15.4. The van der Waals surface area contributed by atoms with Crippen molar-refractivity contribution in [1.82, 2.24) is 0 Å². The summed E-state index contributed by atoms with van der Waals surface area (Å²) in [4.78, 5) is 12.2. The van der Waals surface area contributed by atoms with Crippen LogP contribution in [0.25, 0.3) is 0 Å². The van der Waals surface area contributed by atoms with Crippen LogP contribution in [0.1, 0.15) is 224 Å². The second-order valence-corrected chi connectivity index (χ2v) is 26.7. The van der Waals surface area contributed by atoms with Crippen LogP contribution in [-0.4, -0.2) is 39.4 Å². The van der Waals surface area contributed by atoms with Crippen molar-refractivity contribution in [2.45, 2.75) is 243 Å². The third-order valence-corrected chi connectivity index (χ3v) is 23.6. The molecule has 21 atom stereocenters. The van der Waals surface area contributed by atoms with Crippen molar-refractivity contribution in [3.8, 4) is 0 Å². The number of hydrogen-bond donors (Lipinski definition) is 3. The smallest absolute Gasteiger partial charge is 0.133 e. The average Bonchev–Trinajstić information content (AvgIpc) is 3.76. The van der Waals surface area contributed by atoms with Crippen molar-refractivity contribution in [3.63, 3.8) is 0 Å². The molecule has 0 aromatic rings. The van der Waals surface area contributed by atoms with Crippen molar-refractivity contribution in [2.24, 2.45) is 116 Å². The molecule has 0 spiro atoms. The van der Waals surface area contributed by atoms with Gasteiger partial charge in [0.05, 0.1) is 18.3 Å². The van der Waals surface area contributed by atoms with E-state index in [4.69, 9.17) is 0 Å². The van der Waals surface area contributed by atoms with Crippen molar-refractivity contribution in [3.05, 3.63) is 0 Å². The molecule has 62 heavy (non-hydrogen) atoms. The van der Waals surface area contributed by atoms with Crippen LogP contribution in [0.2, 0.25) is 0 Å². The molecule has 8 aliphatic rings. The molecule has 4 heteroatoms. The molecule has 8 saturated carbocycles. The van der Waals surface area contributed by atoms with Gasteiger partial charge in [0.2, 0.25) is 0 Å². The second-order valence-electron chi connectivity index (χ2n) is 26.7. The predicted octanol–water partition coefficient (Wildman–Crippen LogP) is 14.4. The Hall–Kier alpha value is -0.450. The van der Waals surface area contributed by atoms with Crippen LogP contribution in [0.3, 0.4) is 0 Å². The van der Waals surface area contributed by atoms with Gasteiger partial charge in [0.15, 0.2) is 0 Å². The first-order valence-electron chi connectivity index (χ1n) is 27.8. The molecule has 8 rings (SSSR count). The zero-order chi connectivity index (χ0) is 45.1. The van der Waals surface area contributed by atoms with Crippen LogP contribution < -0.4 is 0 Å². The number of carbonyl (C=O) groups excluding carboxylic acids is 1. The molecule has 4 nitrogen and oxygen atoms in total. The van der Waals surface area contributed by atoms with Gasteiger partial charge in [0.1, 0.15) is 5.78 Å². The lowest BCUT2D eigenvalue weighted by Crippen LogP contribution is -2.58. The second kappa shape index (κ2) is 19.3. The highest BCUT2D eigenvalue weighted by atomic mass is 16.3. The highest BCUT2D eigenvalue weighted by Crippen LogP contribution is 2.70. The van der Waals surface area contributed by atoms with Crippen LogP contribution in [0.4, 0.5) is 0 Å². The minimum atomic E-state index is -0.182. The molecule has 0 amide bonds. The van der Waals surface area contributed by atoms with Crippen LogP contribution in [0, 0.1) is 116 Å². The molecular weight excluding hydrogens is 761 g/mol. The fourth-order valence-electron chi connectivity index (χ4n) is 19.5. The summed E-state index contributed by atoms with van der Waals surface area (Å²) in [7, 11) is 0. The van der Waals surface area contributed by atoms with Gasteiger partial charge in [-0.2, -0.15) is 0 Å². The van der Waals surface area contributed by atoms with E-state index in [0.717, 1.165) is 92.3 Å². The summed E-state index contributed by atoms with van der Waals surface area (Å²) in [5.41, 5.74) is 1.47. The van der Waals surface area contributed by atoms with Gasteiger partial charge in [-0.25, -0.2) is 0 Å². The van der Waals surface area contributed by atoms with Crippen LogP contribution in [0.5, 0.6) is 0 Å². The molecule has 0 aliphatic heterocycles. The fraction of sp³-hybridized carbons (Fsp3) is 0.983. The maximum atomic E-state index is 12.2. The summed E-state index contributed by atoms with van der Waals surface area (Å²) in [6.45, 7) is 29.6. The maximum absolute atomic E-state index is 12.2. The van der Waals surface area contributed by atoms with E-state index in [1.54, 1.807) is 0 Å². The first-order chi connectivity index (χ1) is 29.2. The summed E-state index contributed by atoms with van der Waals surface area (Å²) >= 11 is 0. The van der Waals surface area contributed by atoms with Gasteiger partial charge >= 0.3 is 0 Å². The highest BCUT2D eigenvalue weighted by Gasteiger charge is 2.64. The van der Waals surface area contributed by atoms with Gasteiger partial charge in [-0.1, -0.05) is 109 Å². The van der Waals surface area contributed by atoms with Crippen molar-refractivity contribution in [1.29, 1.82) is 0 Å². The quantitative estimate of drug-likeness (QED) is 0.183. The molecule has 8 fully saturated rings. The summed E-state index contributed by atoms with van der Waals surface area (Å²) in [5.74, 6) is 11.7. The standard InChI is InChI=1S/C29H52O2.C29H50O2/c2*1-7-20(18(2)3)9-8-19(4)23-10-11-24-27-25(13-15-29(23,24)6)28(5)14-12-22(30)16-21(28)17-26(27)31/h18-27,30-31H,7-17H2,1-6H3;18-21,23-27,31H,7-17H2,1-6H3/t19-,20-,21+,22-,23-,24?,25?,26?,27+,28+,29-;19-,20-,21+,23-,24?,25?,26?,27+,28+,29-/m11/s1. The number of hydrogen-bond acceptors (Lipinski definition) is 4. The number of fused-ring (bicyclic) bond motifs is 10. The Labute approximate surface area is 383 Å². The third kappa shape index (κ3) is 8.89. The zero-order valence-corrected chi connectivity index (χ0v) is 42.8. The number of rotatable bonds is 12. The number of aliphatic hydroxyl groups excluding tert-OH is 3. The molecule has 0 bridgehead atoms. The lowest BCUT2D eigenvalue weighted by Gasteiger charge is -2.62. The lowest BCUT2D eigenvalue weighted by atomic mass is 9.43. The number of aliphatic hydroxyl groups is 3. The molecule has 0 radical (unpaired) electrons. The predicted molar refractivity (Wildman–Crippen MR) is 258 cm³/mol. The summed E-state index contributed by atoms with van der Waals surface area (Å²) in [6, 6.07) is 0. The van der Waals surface area contributed by atoms with E-state index >= 15 is 0 Å².